The molecule has 0 saturated heterocycles. The van der Waals surface area contributed by atoms with Crippen LogP contribution in [0.1, 0.15) is 20.8 Å². The highest BCUT2D eigenvalue weighted by molar-refractivity contribution is 7.80. The molecule has 0 aromatic carbocycles. The lowest BCUT2D eigenvalue weighted by Crippen LogP contribution is -2.57. The van der Waals surface area contributed by atoms with E-state index in [0.29, 0.717) is 0 Å². The number of thiol groups is 2. The summed E-state index contributed by atoms with van der Waals surface area (Å²) in [6.07, 6.45) is 0. The van der Waals surface area contributed by atoms with E-state index in [1.54, 1.807) is 0 Å². The van der Waals surface area contributed by atoms with Crippen molar-refractivity contribution in [2.24, 2.45) is 0 Å². The van der Waals surface area contributed by atoms with Gasteiger partial charge in [0.05, 0.1) is 0 Å². The van der Waals surface area contributed by atoms with Crippen molar-refractivity contribution >= 4 is 54.8 Å². The Labute approximate surface area is 169 Å². The van der Waals surface area contributed by atoms with E-state index in [9.17, 15) is 24.0 Å². The Hall–Kier alpha value is -1.95. The first-order valence-electron chi connectivity index (χ1n) is 8.18. The summed E-state index contributed by atoms with van der Waals surface area (Å²) in [5, 5.41) is 12.1. The van der Waals surface area contributed by atoms with Crippen molar-refractivity contribution in [3.63, 3.8) is 0 Å². The average Bonchev–Trinajstić information content (AvgIpc) is 2.62. The molecule has 0 aliphatic heterocycles. The molecule has 0 heterocycles. The first kappa shape index (κ1) is 25.1. The van der Waals surface area contributed by atoms with Crippen LogP contribution in [0.5, 0.6) is 0 Å². The minimum absolute atomic E-state index is 0.0587. The number of hydrogen-bond donors (Lipinski definition) is 7. The number of hydrogen-bond acceptors (Lipinski definition) is 7. The SMILES string of the molecule is CNC(=O)[C@H](CS)NC(=O)[C@H](C)NC(=O)[C@@H](C)NC(=O)[C@H](CS)NC(C)=O. The molecule has 12 heteroatoms. The van der Waals surface area contributed by atoms with E-state index in [1.165, 1.54) is 27.8 Å². The first-order valence-corrected chi connectivity index (χ1v) is 9.45. The molecule has 0 aromatic rings. The molecule has 5 N–H and O–H groups in total. The van der Waals surface area contributed by atoms with Crippen molar-refractivity contribution in [3.05, 3.63) is 0 Å². The standard InChI is InChI=1S/C15H27N5O5S2/c1-7(18-15(25)11(6-27)19-9(3)21)12(22)17-8(2)13(23)20-10(5-26)14(24)16-4/h7-8,10-11,26-27H,5-6H2,1-4H3,(H,16,24)(H,17,22)(H,18,25)(H,19,21)(H,20,23)/t7-,8+,10+,11+/m1/s1. The largest absolute Gasteiger partial charge is 0.357 e. The van der Waals surface area contributed by atoms with Gasteiger partial charge in [-0.2, -0.15) is 25.3 Å². The van der Waals surface area contributed by atoms with Gasteiger partial charge in [-0.1, -0.05) is 0 Å². The zero-order valence-electron chi connectivity index (χ0n) is 15.7. The summed E-state index contributed by atoms with van der Waals surface area (Å²) in [4.78, 5) is 59.0. The predicted molar refractivity (Wildman–Crippen MR) is 107 cm³/mol. The number of rotatable bonds is 10. The van der Waals surface area contributed by atoms with E-state index in [-0.39, 0.29) is 11.5 Å². The van der Waals surface area contributed by atoms with E-state index in [4.69, 9.17) is 0 Å². The Morgan fingerprint density at radius 1 is 0.704 bits per heavy atom. The van der Waals surface area contributed by atoms with Crippen molar-refractivity contribution in [1.82, 2.24) is 26.6 Å². The molecule has 10 nitrogen and oxygen atoms in total. The molecule has 0 unspecified atom stereocenters. The Bertz CT molecular complexity index is 575. The lowest BCUT2D eigenvalue weighted by Gasteiger charge is -2.22. The van der Waals surface area contributed by atoms with Gasteiger partial charge < -0.3 is 26.6 Å². The molecule has 0 aliphatic carbocycles. The van der Waals surface area contributed by atoms with Crippen LogP contribution in [0.4, 0.5) is 0 Å². The number of carbonyl (C=O) groups is 5. The van der Waals surface area contributed by atoms with Crippen molar-refractivity contribution < 1.29 is 24.0 Å². The molecule has 0 aromatic heterocycles. The number of nitrogens with one attached hydrogen (secondary N) is 5. The van der Waals surface area contributed by atoms with Gasteiger partial charge >= 0.3 is 0 Å². The maximum Gasteiger partial charge on any atom is 0.244 e. The summed E-state index contributed by atoms with van der Waals surface area (Å²) in [7, 11) is 1.43. The topological polar surface area (TPSA) is 146 Å². The third-order valence-electron chi connectivity index (χ3n) is 3.44. The van der Waals surface area contributed by atoms with Gasteiger partial charge in [0, 0.05) is 25.5 Å². The summed E-state index contributed by atoms with van der Waals surface area (Å²) in [5.41, 5.74) is 0. The van der Waals surface area contributed by atoms with E-state index < -0.39 is 53.7 Å². The van der Waals surface area contributed by atoms with Crippen molar-refractivity contribution in [2.45, 2.75) is 44.9 Å². The molecule has 0 radical (unpaired) electrons. The van der Waals surface area contributed by atoms with Crippen LogP contribution in [0.3, 0.4) is 0 Å². The van der Waals surface area contributed by atoms with Crippen molar-refractivity contribution in [2.75, 3.05) is 18.6 Å². The molecule has 0 saturated carbocycles. The van der Waals surface area contributed by atoms with Gasteiger partial charge in [0.25, 0.3) is 0 Å². The minimum Gasteiger partial charge on any atom is -0.357 e. The molecule has 0 bridgehead atoms. The van der Waals surface area contributed by atoms with E-state index in [1.807, 2.05) is 0 Å². The second-order valence-electron chi connectivity index (χ2n) is 5.75. The fourth-order valence-electron chi connectivity index (χ4n) is 1.89. The van der Waals surface area contributed by atoms with Gasteiger partial charge in [0.2, 0.25) is 29.5 Å². The molecule has 4 atom stereocenters. The molecule has 5 amide bonds. The fourth-order valence-corrected chi connectivity index (χ4v) is 2.40. The summed E-state index contributed by atoms with van der Waals surface area (Å²) >= 11 is 7.98. The average molecular weight is 422 g/mol. The highest BCUT2D eigenvalue weighted by Crippen LogP contribution is 1.95. The van der Waals surface area contributed by atoms with Gasteiger partial charge in [0.15, 0.2) is 0 Å². The Kier molecular flexibility index (Phi) is 11.5. The summed E-state index contributed by atoms with van der Waals surface area (Å²) in [6.45, 7) is 4.13. The van der Waals surface area contributed by atoms with Crippen LogP contribution < -0.4 is 26.6 Å². The summed E-state index contributed by atoms with van der Waals surface area (Å²) < 4.78 is 0. The minimum atomic E-state index is -0.955. The second kappa shape index (κ2) is 12.4. The number of likely N-dealkylation sites (N-methyl/N-ethyl adjacent to an activating group) is 1. The van der Waals surface area contributed by atoms with E-state index in [2.05, 4.69) is 51.8 Å². The van der Waals surface area contributed by atoms with Crippen LogP contribution in [-0.4, -0.2) is 72.3 Å². The molecule has 0 fully saturated rings. The molecule has 0 aliphatic rings. The van der Waals surface area contributed by atoms with Crippen LogP contribution in [-0.2, 0) is 24.0 Å². The molecule has 27 heavy (non-hydrogen) atoms. The highest BCUT2D eigenvalue weighted by Gasteiger charge is 2.26. The molecular weight excluding hydrogens is 394 g/mol. The van der Waals surface area contributed by atoms with Crippen LogP contribution in [0.25, 0.3) is 0 Å². The number of carbonyl (C=O) groups excluding carboxylic acids is 5. The molecule has 0 spiro atoms. The maximum absolute atomic E-state index is 12.2. The Morgan fingerprint density at radius 3 is 1.52 bits per heavy atom. The van der Waals surface area contributed by atoms with Crippen molar-refractivity contribution in [3.8, 4) is 0 Å². The first-order chi connectivity index (χ1) is 12.6. The molecule has 0 rings (SSSR count). The molecular formula is C15H27N5O5S2. The third-order valence-corrected chi connectivity index (χ3v) is 4.17. The van der Waals surface area contributed by atoms with Crippen LogP contribution in [0.2, 0.25) is 0 Å². The van der Waals surface area contributed by atoms with Crippen LogP contribution >= 0.6 is 25.3 Å². The van der Waals surface area contributed by atoms with Gasteiger partial charge in [0.1, 0.15) is 24.2 Å². The molecule has 154 valence electrons. The second-order valence-corrected chi connectivity index (χ2v) is 6.48. The number of amides is 5. The zero-order chi connectivity index (χ0) is 21.1. The van der Waals surface area contributed by atoms with Crippen LogP contribution in [0, 0.1) is 0 Å². The van der Waals surface area contributed by atoms with Gasteiger partial charge in [-0.3, -0.25) is 24.0 Å². The predicted octanol–water partition coefficient (Wildman–Crippen LogP) is -2.41. The van der Waals surface area contributed by atoms with E-state index in [0.717, 1.165) is 0 Å². The van der Waals surface area contributed by atoms with Crippen LogP contribution in [0.15, 0.2) is 0 Å². The fraction of sp³-hybridized carbons (Fsp3) is 0.667. The highest BCUT2D eigenvalue weighted by atomic mass is 32.1. The Morgan fingerprint density at radius 2 is 1.11 bits per heavy atom. The van der Waals surface area contributed by atoms with E-state index >= 15 is 0 Å². The van der Waals surface area contributed by atoms with Gasteiger partial charge in [-0.25, -0.2) is 0 Å². The summed E-state index contributed by atoms with van der Waals surface area (Å²) in [5.74, 6) is -2.41. The van der Waals surface area contributed by atoms with Gasteiger partial charge in [-0.05, 0) is 13.8 Å². The smallest absolute Gasteiger partial charge is 0.244 e. The monoisotopic (exact) mass is 421 g/mol. The quantitative estimate of drug-likeness (QED) is 0.197. The lowest BCUT2D eigenvalue weighted by atomic mass is 10.2. The maximum atomic E-state index is 12.2. The normalized spacial score (nSPS) is 14.7. The third kappa shape index (κ3) is 9.00. The lowest BCUT2D eigenvalue weighted by molar-refractivity contribution is -0.133. The van der Waals surface area contributed by atoms with Crippen molar-refractivity contribution in [1.29, 1.82) is 0 Å². The Balaban J connectivity index is 4.68. The zero-order valence-corrected chi connectivity index (χ0v) is 17.4. The summed E-state index contributed by atoms with van der Waals surface area (Å²) in [6, 6.07) is -3.62. The van der Waals surface area contributed by atoms with Gasteiger partial charge in [-0.15, -0.1) is 0 Å².